The van der Waals surface area contributed by atoms with Crippen molar-refractivity contribution >= 4 is 12.0 Å². The van der Waals surface area contributed by atoms with E-state index in [2.05, 4.69) is 15.4 Å². The van der Waals surface area contributed by atoms with E-state index in [1.807, 2.05) is 62.4 Å². The van der Waals surface area contributed by atoms with Gasteiger partial charge in [0.25, 0.3) is 0 Å². The number of carbonyl (C=O) groups is 1. The molecule has 0 aliphatic rings. The lowest BCUT2D eigenvalue weighted by Crippen LogP contribution is -2.24. The first-order chi connectivity index (χ1) is 13.2. The highest BCUT2D eigenvalue weighted by Gasteiger charge is 2.08. The lowest BCUT2D eigenvalue weighted by molar-refractivity contribution is -0.117. The van der Waals surface area contributed by atoms with Crippen LogP contribution in [0.5, 0.6) is 5.75 Å². The monoisotopic (exact) mass is 362 g/mol. The van der Waals surface area contributed by atoms with Gasteiger partial charge in [0.1, 0.15) is 18.4 Å². The van der Waals surface area contributed by atoms with Crippen LogP contribution in [0.4, 0.5) is 0 Å². The minimum Gasteiger partial charge on any atom is -0.493 e. The van der Waals surface area contributed by atoms with Crippen molar-refractivity contribution in [2.75, 3.05) is 6.61 Å². The van der Waals surface area contributed by atoms with Gasteiger partial charge in [0.2, 0.25) is 5.91 Å². The van der Waals surface area contributed by atoms with Crippen LogP contribution in [0.1, 0.15) is 31.0 Å². The van der Waals surface area contributed by atoms with Crippen molar-refractivity contribution in [3.63, 3.8) is 0 Å². The molecule has 1 N–H and O–H groups in total. The quantitative estimate of drug-likeness (QED) is 0.653. The van der Waals surface area contributed by atoms with Gasteiger partial charge >= 0.3 is 0 Å². The summed E-state index contributed by atoms with van der Waals surface area (Å²) in [5, 5.41) is 7.07. The van der Waals surface area contributed by atoms with Crippen LogP contribution >= 0.6 is 0 Å². The van der Waals surface area contributed by atoms with Gasteiger partial charge in [0.15, 0.2) is 0 Å². The molecule has 1 amide bonds. The van der Waals surface area contributed by atoms with Crippen LogP contribution in [0, 0.1) is 0 Å². The third-order valence-corrected chi connectivity index (χ3v) is 4.07. The van der Waals surface area contributed by atoms with Gasteiger partial charge in [-0.25, -0.2) is 9.67 Å². The average Bonchev–Trinajstić information content (AvgIpc) is 3.22. The molecule has 0 aliphatic heterocycles. The minimum absolute atomic E-state index is 0.117. The molecule has 6 heteroatoms. The summed E-state index contributed by atoms with van der Waals surface area (Å²) in [5.41, 5.74) is 2.80. The number of amides is 1. The number of benzene rings is 2. The number of rotatable bonds is 7. The van der Waals surface area contributed by atoms with Crippen molar-refractivity contribution in [3.05, 3.63) is 78.4 Å². The van der Waals surface area contributed by atoms with Crippen LogP contribution in [-0.2, 0) is 4.79 Å². The van der Waals surface area contributed by atoms with Gasteiger partial charge in [0.05, 0.1) is 18.3 Å². The molecule has 0 spiro atoms. The third kappa shape index (κ3) is 4.82. The van der Waals surface area contributed by atoms with E-state index in [9.17, 15) is 4.79 Å². The Morgan fingerprint density at radius 2 is 2.00 bits per heavy atom. The molecule has 0 aliphatic carbocycles. The van der Waals surface area contributed by atoms with E-state index >= 15 is 0 Å². The van der Waals surface area contributed by atoms with Crippen LogP contribution < -0.4 is 10.1 Å². The van der Waals surface area contributed by atoms with Gasteiger partial charge < -0.3 is 10.1 Å². The maximum absolute atomic E-state index is 12.3. The molecule has 3 rings (SSSR count). The molecule has 1 unspecified atom stereocenters. The zero-order valence-electron chi connectivity index (χ0n) is 15.4. The summed E-state index contributed by atoms with van der Waals surface area (Å²) in [4.78, 5) is 16.2. The SMILES string of the molecule is CCOc1ccccc1C=CC(=O)NC(C)c1ccc(-n2cncn2)cc1. The third-order valence-electron chi connectivity index (χ3n) is 4.07. The van der Waals surface area contributed by atoms with E-state index in [0.717, 1.165) is 22.6 Å². The molecule has 0 saturated heterocycles. The maximum atomic E-state index is 12.3. The Balaban J connectivity index is 1.62. The maximum Gasteiger partial charge on any atom is 0.244 e. The van der Waals surface area contributed by atoms with Gasteiger partial charge in [-0.3, -0.25) is 4.79 Å². The predicted molar refractivity (Wildman–Crippen MR) is 105 cm³/mol. The molecule has 2 aromatic carbocycles. The van der Waals surface area contributed by atoms with Crippen molar-refractivity contribution in [1.82, 2.24) is 20.1 Å². The van der Waals surface area contributed by atoms with Crippen LogP contribution in [0.3, 0.4) is 0 Å². The summed E-state index contributed by atoms with van der Waals surface area (Å²) in [6.45, 7) is 4.46. The summed E-state index contributed by atoms with van der Waals surface area (Å²) in [6, 6.07) is 15.3. The Kier molecular flexibility index (Phi) is 5.99. The number of carbonyl (C=O) groups excluding carboxylic acids is 1. The normalized spacial score (nSPS) is 12.1. The summed E-state index contributed by atoms with van der Waals surface area (Å²) in [7, 11) is 0. The number of aromatic nitrogens is 3. The minimum atomic E-state index is -0.158. The predicted octanol–water partition coefficient (Wildman–Crippen LogP) is 3.56. The first kappa shape index (κ1) is 18.4. The van der Waals surface area contributed by atoms with Crippen molar-refractivity contribution < 1.29 is 9.53 Å². The first-order valence-electron chi connectivity index (χ1n) is 8.82. The van der Waals surface area contributed by atoms with E-state index in [1.165, 1.54) is 12.4 Å². The van der Waals surface area contributed by atoms with Crippen molar-refractivity contribution in [2.45, 2.75) is 19.9 Å². The van der Waals surface area contributed by atoms with E-state index in [4.69, 9.17) is 4.74 Å². The Hall–Kier alpha value is -3.41. The van der Waals surface area contributed by atoms with E-state index in [0.29, 0.717) is 6.61 Å². The van der Waals surface area contributed by atoms with Crippen molar-refractivity contribution in [2.24, 2.45) is 0 Å². The molecule has 0 radical (unpaired) electrons. The molecular weight excluding hydrogens is 340 g/mol. The molecule has 27 heavy (non-hydrogen) atoms. The van der Waals surface area contributed by atoms with Crippen LogP contribution in [0.2, 0.25) is 0 Å². The molecule has 0 saturated carbocycles. The van der Waals surface area contributed by atoms with E-state index in [1.54, 1.807) is 17.1 Å². The van der Waals surface area contributed by atoms with E-state index < -0.39 is 0 Å². The lowest BCUT2D eigenvalue weighted by Gasteiger charge is -2.13. The molecule has 1 aromatic heterocycles. The van der Waals surface area contributed by atoms with Crippen molar-refractivity contribution in [3.8, 4) is 11.4 Å². The number of hydrogen-bond acceptors (Lipinski definition) is 4. The highest BCUT2D eigenvalue weighted by molar-refractivity contribution is 5.92. The van der Waals surface area contributed by atoms with Crippen molar-refractivity contribution in [1.29, 1.82) is 0 Å². The van der Waals surface area contributed by atoms with Crippen LogP contribution in [0.15, 0.2) is 67.3 Å². The lowest BCUT2D eigenvalue weighted by atomic mass is 10.1. The molecule has 3 aromatic rings. The standard InChI is InChI=1S/C21H22N4O2/c1-3-27-20-7-5-4-6-18(20)10-13-21(26)24-16(2)17-8-11-19(12-9-17)25-15-22-14-23-25/h4-16H,3H2,1-2H3,(H,24,26). The smallest absolute Gasteiger partial charge is 0.244 e. The highest BCUT2D eigenvalue weighted by atomic mass is 16.5. The van der Waals surface area contributed by atoms with Gasteiger partial charge in [-0.15, -0.1) is 0 Å². The summed E-state index contributed by atoms with van der Waals surface area (Å²) in [5.74, 6) is 0.606. The molecule has 6 nitrogen and oxygen atoms in total. The summed E-state index contributed by atoms with van der Waals surface area (Å²) < 4.78 is 7.25. The number of hydrogen-bond donors (Lipinski definition) is 1. The fraction of sp³-hybridized carbons (Fsp3) is 0.190. The second-order valence-corrected chi connectivity index (χ2v) is 5.97. The fourth-order valence-corrected chi connectivity index (χ4v) is 2.67. The Morgan fingerprint density at radius 3 is 2.70 bits per heavy atom. The number of nitrogens with zero attached hydrogens (tertiary/aromatic N) is 3. The molecule has 1 atom stereocenters. The van der Waals surface area contributed by atoms with Gasteiger partial charge in [0, 0.05) is 11.6 Å². The van der Waals surface area contributed by atoms with Gasteiger partial charge in [-0.1, -0.05) is 30.3 Å². The largest absolute Gasteiger partial charge is 0.493 e. The van der Waals surface area contributed by atoms with Gasteiger partial charge in [-0.05, 0) is 43.7 Å². The number of para-hydroxylation sites is 1. The molecular formula is C21H22N4O2. The van der Waals surface area contributed by atoms with Crippen LogP contribution in [-0.4, -0.2) is 27.3 Å². The Bertz CT molecular complexity index is 902. The molecule has 0 fully saturated rings. The second-order valence-electron chi connectivity index (χ2n) is 5.97. The number of ether oxygens (including phenoxy) is 1. The zero-order chi connectivity index (χ0) is 19.1. The summed E-state index contributed by atoms with van der Waals surface area (Å²) >= 11 is 0. The second kappa shape index (κ2) is 8.80. The topological polar surface area (TPSA) is 69.0 Å². The fourth-order valence-electron chi connectivity index (χ4n) is 2.67. The first-order valence-corrected chi connectivity index (χ1v) is 8.82. The zero-order valence-corrected chi connectivity index (χ0v) is 15.4. The molecule has 1 heterocycles. The molecule has 138 valence electrons. The highest BCUT2D eigenvalue weighted by Crippen LogP contribution is 2.19. The average molecular weight is 362 g/mol. The Labute approximate surface area is 158 Å². The van der Waals surface area contributed by atoms with E-state index in [-0.39, 0.29) is 11.9 Å². The number of nitrogens with one attached hydrogen (secondary N) is 1. The summed E-state index contributed by atoms with van der Waals surface area (Å²) in [6.07, 6.45) is 6.43. The Morgan fingerprint density at radius 1 is 1.22 bits per heavy atom. The van der Waals surface area contributed by atoms with Gasteiger partial charge in [-0.2, -0.15) is 5.10 Å². The molecule has 0 bridgehead atoms. The van der Waals surface area contributed by atoms with Crippen LogP contribution in [0.25, 0.3) is 11.8 Å².